The molecule has 1 aliphatic heterocycles. The van der Waals surface area contributed by atoms with Crippen LogP contribution in [0.3, 0.4) is 0 Å². The second-order valence-corrected chi connectivity index (χ2v) is 12.3. The third kappa shape index (κ3) is 6.88. The van der Waals surface area contributed by atoms with Crippen LogP contribution >= 0.6 is 0 Å². The fourth-order valence-corrected chi connectivity index (χ4v) is 7.15. The zero-order valence-electron chi connectivity index (χ0n) is 26.7. The third-order valence-electron chi connectivity index (χ3n) is 9.51. The van der Waals surface area contributed by atoms with Gasteiger partial charge < -0.3 is 26.1 Å². The van der Waals surface area contributed by atoms with Gasteiger partial charge in [-0.3, -0.25) is 6.29 Å². The molecule has 0 aromatic heterocycles. The molecule has 6 heteroatoms. The van der Waals surface area contributed by atoms with E-state index in [4.69, 9.17) is 19.2 Å². The van der Waals surface area contributed by atoms with Crippen molar-refractivity contribution in [1.82, 2.24) is 0 Å². The molecule has 0 N–H and O–H groups in total. The zero-order valence-corrected chi connectivity index (χ0v) is 29.6. The minimum Gasteiger partial charge on any atom is -0.541 e. The zero-order chi connectivity index (χ0) is 31.2. The molecule has 1 heterocycles. The molecule has 0 bridgehead atoms. The van der Waals surface area contributed by atoms with Crippen molar-refractivity contribution < 1.29 is 45.1 Å². The second kappa shape index (κ2) is 15.6. The monoisotopic (exact) mass is 786 g/mol. The Morgan fingerprint density at radius 2 is 1.61 bits per heavy atom. The predicted molar refractivity (Wildman–Crippen MR) is 176 cm³/mol. The van der Waals surface area contributed by atoms with Crippen molar-refractivity contribution >= 4 is 6.29 Å². The number of carbonyl (C=O) groups excluding carboxylic acids is 1. The van der Waals surface area contributed by atoms with Gasteiger partial charge in [0.05, 0.1) is 11.5 Å². The molecule has 0 fully saturated rings. The van der Waals surface area contributed by atoms with Gasteiger partial charge in [-0.25, -0.2) is 0 Å². The van der Waals surface area contributed by atoms with Gasteiger partial charge in [-0.15, -0.1) is 6.42 Å². The van der Waals surface area contributed by atoms with Gasteiger partial charge in [0.15, 0.2) is 5.75 Å². The Bertz CT molecular complexity index is 1590. The van der Waals surface area contributed by atoms with Crippen molar-refractivity contribution in [3.8, 4) is 11.5 Å². The van der Waals surface area contributed by atoms with Crippen LogP contribution < -0.4 is 9.62 Å². The standard InChI is InChI=1S/C38H37O5.C2H5.W/c1-38(29-11-3-2-4-12-29,25-40-43-30-19-15-26(16-20-30)23-24-39)37-41-33-21-17-27-9-5-7-13-31(27)35(33)36-32-14-8-6-10-28(32)18-22-34(36)42-37;1-2;/h2-5,7,9,11-13,15-16,18-20,22,33,35,37H,6,8,10,14,17,21,23,25H2,1H3;1H2,2H3;/q2*-1;+2/t33?,35-,37?,38-;;/m0../s1. The molecule has 0 radical (unpaired) electrons. The van der Waals surface area contributed by atoms with Crippen LogP contribution in [0.2, 0.25) is 0 Å². The summed E-state index contributed by atoms with van der Waals surface area (Å²) in [6.45, 7) is 7.34. The van der Waals surface area contributed by atoms with Gasteiger partial charge in [-0.05, 0) is 91.5 Å². The Hall–Kier alpha value is -3.24. The maximum Gasteiger partial charge on any atom is 2.00 e. The molecular formula is C40H42O5W. The van der Waals surface area contributed by atoms with Crippen LogP contribution in [-0.4, -0.2) is 25.3 Å². The molecule has 0 spiro atoms. The van der Waals surface area contributed by atoms with Gasteiger partial charge in [0.25, 0.3) is 0 Å². The quantitative estimate of drug-likeness (QED) is 0.103. The maximum atomic E-state index is 10.7. The van der Waals surface area contributed by atoms with Crippen molar-refractivity contribution in [2.45, 2.75) is 82.5 Å². The summed E-state index contributed by atoms with van der Waals surface area (Å²) in [4.78, 5) is 22.5. The molecule has 0 saturated heterocycles. The van der Waals surface area contributed by atoms with Crippen LogP contribution in [0.15, 0.2) is 91.0 Å². The van der Waals surface area contributed by atoms with Crippen molar-refractivity contribution in [2.75, 3.05) is 6.61 Å². The number of aryl methyl sites for hydroxylation is 2. The molecule has 4 aromatic carbocycles. The average molecular weight is 787 g/mol. The summed E-state index contributed by atoms with van der Waals surface area (Å²) >= 11 is 0. The Balaban J connectivity index is 0.00000136. The van der Waals surface area contributed by atoms with Crippen LogP contribution in [-0.2, 0) is 66.6 Å². The molecule has 3 aliphatic rings. The summed E-state index contributed by atoms with van der Waals surface area (Å²) in [5.74, 6) is 1.60. The first-order valence-corrected chi connectivity index (χ1v) is 16.2. The van der Waals surface area contributed by atoms with Gasteiger partial charge in [-0.2, -0.15) is 11.8 Å². The van der Waals surface area contributed by atoms with Crippen molar-refractivity contribution in [3.05, 3.63) is 137 Å². The second-order valence-electron chi connectivity index (χ2n) is 12.3. The van der Waals surface area contributed by atoms with Crippen molar-refractivity contribution in [3.63, 3.8) is 0 Å². The van der Waals surface area contributed by atoms with E-state index in [9.17, 15) is 4.79 Å². The summed E-state index contributed by atoms with van der Waals surface area (Å²) in [5, 5.41) is 0. The van der Waals surface area contributed by atoms with Crippen LogP contribution in [0.1, 0.15) is 78.0 Å². The number of hydrogen-bond donors (Lipinski definition) is 0. The normalized spacial score (nSPS) is 20.6. The van der Waals surface area contributed by atoms with E-state index in [0.717, 1.165) is 42.6 Å². The van der Waals surface area contributed by atoms with Gasteiger partial charge >= 0.3 is 21.1 Å². The van der Waals surface area contributed by atoms with E-state index < -0.39 is 11.7 Å². The summed E-state index contributed by atoms with van der Waals surface area (Å²) in [6.07, 6.45) is 8.08. The number of fused-ring (bicyclic) bond motifs is 7. The van der Waals surface area contributed by atoms with E-state index in [2.05, 4.69) is 62.4 Å². The number of benzene rings is 4. The van der Waals surface area contributed by atoms with E-state index in [-0.39, 0.29) is 46.1 Å². The largest absolute Gasteiger partial charge is 2.00 e. The van der Waals surface area contributed by atoms with Gasteiger partial charge in [0.2, 0.25) is 6.29 Å². The fourth-order valence-electron chi connectivity index (χ4n) is 7.15. The first-order chi connectivity index (χ1) is 22.1. The summed E-state index contributed by atoms with van der Waals surface area (Å²) in [7, 11) is 0. The molecule has 4 atom stereocenters. The Morgan fingerprint density at radius 1 is 0.870 bits per heavy atom. The fraction of sp³-hybridized carbons (Fsp3) is 0.350. The van der Waals surface area contributed by atoms with E-state index in [1.807, 2.05) is 36.6 Å². The SMILES string of the molecule is C[C@](COOc1ccc(C[C-]=O)cc1)(c1ccccc1)C1Oc2ccc3c(c2[C@H]2c4ccccc4CCC2O1)CCCC3.[CH2-]C.[W+2]. The van der Waals surface area contributed by atoms with Crippen molar-refractivity contribution in [1.29, 1.82) is 0 Å². The summed E-state index contributed by atoms with van der Waals surface area (Å²) in [5.41, 5.74) is 8.23. The topological polar surface area (TPSA) is 54.0 Å². The molecule has 2 aliphatic carbocycles. The maximum absolute atomic E-state index is 10.7. The predicted octanol–water partition coefficient (Wildman–Crippen LogP) is 8.21. The molecule has 238 valence electrons. The van der Waals surface area contributed by atoms with Crippen molar-refractivity contribution in [2.24, 2.45) is 0 Å². The Kier molecular flexibility index (Phi) is 11.5. The van der Waals surface area contributed by atoms with E-state index in [1.54, 1.807) is 19.1 Å². The van der Waals surface area contributed by atoms with Crippen LogP contribution in [0.4, 0.5) is 0 Å². The van der Waals surface area contributed by atoms with E-state index in [0.29, 0.717) is 5.75 Å². The smallest absolute Gasteiger partial charge is 0.541 e. The average Bonchev–Trinajstić information content (AvgIpc) is 3.28. The molecule has 46 heavy (non-hydrogen) atoms. The molecule has 5 nitrogen and oxygen atoms in total. The minimum absolute atomic E-state index is 0. The van der Waals surface area contributed by atoms with E-state index in [1.165, 1.54) is 40.7 Å². The first-order valence-electron chi connectivity index (χ1n) is 16.2. The van der Waals surface area contributed by atoms with Crippen LogP contribution in [0.5, 0.6) is 11.5 Å². The van der Waals surface area contributed by atoms with Gasteiger partial charge in [-0.1, -0.05) is 78.4 Å². The molecular weight excluding hydrogens is 744 g/mol. The molecule has 0 amide bonds. The molecule has 7 rings (SSSR count). The summed E-state index contributed by atoms with van der Waals surface area (Å²) in [6, 6.07) is 30.9. The summed E-state index contributed by atoms with van der Waals surface area (Å²) < 4.78 is 14.1. The third-order valence-corrected chi connectivity index (χ3v) is 9.51. The molecule has 0 saturated carbocycles. The van der Waals surface area contributed by atoms with Gasteiger partial charge in [0.1, 0.15) is 12.4 Å². The van der Waals surface area contributed by atoms with Crippen LogP contribution in [0, 0.1) is 6.92 Å². The minimum atomic E-state index is -0.688. The Morgan fingerprint density at radius 3 is 2.39 bits per heavy atom. The number of rotatable bonds is 8. The van der Waals surface area contributed by atoms with Crippen LogP contribution in [0.25, 0.3) is 0 Å². The molecule has 2 unspecified atom stereocenters. The molecule has 4 aromatic rings. The number of ether oxygens (including phenoxy) is 2. The van der Waals surface area contributed by atoms with E-state index >= 15 is 0 Å². The first kappa shape index (κ1) is 34.1. The number of hydrogen-bond acceptors (Lipinski definition) is 5. The Labute approximate surface area is 287 Å². The van der Waals surface area contributed by atoms with Gasteiger partial charge in [0, 0.05) is 11.5 Å².